The van der Waals surface area contributed by atoms with Crippen LogP contribution in [0.15, 0.2) is 0 Å². The molecule has 0 aliphatic heterocycles. The average molecular weight is 234 g/mol. The molecule has 0 aromatic carbocycles. The molecule has 6 heteroatoms. The molecular weight excluding hydrogens is 212 g/mol. The maximum atomic E-state index is 9.99. The molecule has 2 atom stereocenters. The van der Waals surface area contributed by atoms with Gasteiger partial charge in [0.1, 0.15) is 6.04 Å². The van der Waals surface area contributed by atoms with Crippen LogP contribution in [0.2, 0.25) is 0 Å². The Morgan fingerprint density at radius 1 is 1.19 bits per heavy atom. The quantitative estimate of drug-likeness (QED) is 0.526. The lowest BCUT2D eigenvalue weighted by Crippen LogP contribution is -2.30. The van der Waals surface area contributed by atoms with Crippen LogP contribution in [0.4, 0.5) is 0 Å². The topological polar surface area (TPSA) is 127 Å². The summed E-state index contributed by atoms with van der Waals surface area (Å²) in [7, 11) is 0. The number of carboxylic acid groups (broad SMARTS) is 2. The molecule has 0 aliphatic rings. The van der Waals surface area contributed by atoms with E-state index in [0.717, 1.165) is 6.42 Å². The van der Waals surface area contributed by atoms with E-state index in [9.17, 15) is 9.59 Å². The van der Waals surface area contributed by atoms with Crippen molar-refractivity contribution in [3.05, 3.63) is 0 Å². The van der Waals surface area contributed by atoms with E-state index < -0.39 is 18.0 Å². The zero-order chi connectivity index (χ0) is 13.1. The zero-order valence-corrected chi connectivity index (χ0v) is 9.85. The number of carboxylic acids is 2. The smallest absolute Gasteiger partial charge is 0.320 e. The number of rotatable bonds is 6. The van der Waals surface area contributed by atoms with Crippen LogP contribution in [0.1, 0.15) is 39.5 Å². The van der Waals surface area contributed by atoms with Gasteiger partial charge in [0, 0.05) is 12.5 Å². The van der Waals surface area contributed by atoms with Gasteiger partial charge in [-0.1, -0.05) is 13.3 Å². The van der Waals surface area contributed by atoms with Crippen molar-refractivity contribution in [3.63, 3.8) is 0 Å². The van der Waals surface area contributed by atoms with Crippen LogP contribution in [0, 0.1) is 0 Å². The van der Waals surface area contributed by atoms with Gasteiger partial charge in [0.25, 0.3) is 0 Å². The number of hydrogen-bond acceptors (Lipinski definition) is 4. The molecule has 0 unspecified atom stereocenters. The van der Waals surface area contributed by atoms with E-state index in [4.69, 9.17) is 21.7 Å². The summed E-state index contributed by atoms with van der Waals surface area (Å²) in [6.07, 6.45) is 2.13. The predicted molar refractivity (Wildman–Crippen MR) is 61.0 cm³/mol. The SMILES string of the molecule is CCC[C@@H](C)N.N[C@@H](CCC(=O)O)C(=O)O. The van der Waals surface area contributed by atoms with E-state index >= 15 is 0 Å². The van der Waals surface area contributed by atoms with Crippen LogP contribution in [0.5, 0.6) is 0 Å². The first-order valence-electron chi connectivity index (χ1n) is 5.27. The van der Waals surface area contributed by atoms with Gasteiger partial charge in [0.05, 0.1) is 0 Å². The maximum Gasteiger partial charge on any atom is 0.320 e. The highest BCUT2D eigenvalue weighted by Crippen LogP contribution is 1.93. The van der Waals surface area contributed by atoms with Crippen molar-refractivity contribution in [1.29, 1.82) is 0 Å². The van der Waals surface area contributed by atoms with Gasteiger partial charge in [-0.05, 0) is 19.8 Å². The summed E-state index contributed by atoms with van der Waals surface area (Å²) in [5, 5.41) is 16.3. The second-order valence-electron chi connectivity index (χ2n) is 3.64. The number of aliphatic carboxylic acids is 2. The molecule has 0 aliphatic carbocycles. The second-order valence-corrected chi connectivity index (χ2v) is 3.64. The summed E-state index contributed by atoms with van der Waals surface area (Å²) < 4.78 is 0. The van der Waals surface area contributed by atoms with Gasteiger partial charge in [-0.2, -0.15) is 0 Å². The first-order valence-corrected chi connectivity index (χ1v) is 5.27. The fourth-order valence-corrected chi connectivity index (χ4v) is 0.858. The average Bonchev–Trinajstić information content (AvgIpc) is 2.14. The molecule has 0 spiro atoms. The van der Waals surface area contributed by atoms with E-state index in [1.54, 1.807) is 0 Å². The van der Waals surface area contributed by atoms with Crippen LogP contribution >= 0.6 is 0 Å². The van der Waals surface area contributed by atoms with Gasteiger partial charge in [-0.3, -0.25) is 9.59 Å². The largest absolute Gasteiger partial charge is 0.481 e. The summed E-state index contributed by atoms with van der Waals surface area (Å²) in [6, 6.07) is -0.661. The molecule has 0 radical (unpaired) electrons. The maximum absolute atomic E-state index is 9.99. The Kier molecular flexibility index (Phi) is 11.2. The van der Waals surface area contributed by atoms with E-state index in [-0.39, 0.29) is 12.8 Å². The lowest BCUT2D eigenvalue weighted by molar-refractivity contribution is -0.139. The van der Waals surface area contributed by atoms with Crippen molar-refractivity contribution in [1.82, 2.24) is 0 Å². The summed E-state index contributed by atoms with van der Waals surface area (Å²) in [4.78, 5) is 19.9. The molecule has 0 rings (SSSR count). The first-order chi connectivity index (χ1) is 7.31. The third-order valence-corrected chi connectivity index (χ3v) is 1.73. The molecule has 0 heterocycles. The van der Waals surface area contributed by atoms with Gasteiger partial charge >= 0.3 is 11.9 Å². The van der Waals surface area contributed by atoms with Crippen molar-refractivity contribution in [2.45, 2.75) is 51.6 Å². The minimum atomic E-state index is -1.17. The molecule has 0 amide bonds. The molecule has 0 fully saturated rings. The molecule has 16 heavy (non-hydrogen) atoms. The predicted octanol–water partition coefficient (Wildman–Crippen LogP) is 0.397. The fourth-order valence-electron chi connectivity index (χ4n) is 0.858. The standard InChI is InChI=1S/C5H9NO4.C5H13N/c6-3(5(9)10)1-2-4(7)8;1-3-4-5(2)6/h3H,1-2,6H2,(H,7,8)(H,9,10);5H,3-4,6H2,1-2H3/t3-;5-/m01/s1. The van der Waals surface area contributed by atoms with Crippen molar-refractivity contribution < 1.29 is 19.8 Å². The zero-order valence-electron chi connectivity index (χ0n) is 9.85. The Morgan fingerprint density at radius 3 is 1.88 bits per heavy atom. The lowest BCUT2D eigenvalue weighted by atomic mass is 10.2. The minimum Gasteiger partial charge on any atom is -0.481 e. The van der Waals surface area contributed by atoms with E-state index in [1.165, 1.54) is 6.42 Å². The molecule has 96 valence electrons. The van der Waals surface area contributed by atoms with Gasteiger partial charge < -0.3 is 21.7 Å². The monoisotopic (exact) mass is 234 g/mol. The van der Waals surface area contributed by atoms with Crippen LogP contribution < -0.4 is 11.5 Å². The highest BCUT2D eigenvalue weighted by molar-refractivity contribution is 5.74. The highest BCUT2D eigenvalue weighted by Gasteiger charge is 2.12. The summed E-state index contributed by atoms with van der Waals surface area (Å²) in [5.74, 6) is -2.20. The van der Waals surface area contributed by atoms with Crippen molar-refractivity contribution >= 4 is 11.9 Å². The van der Waals surface area contributed by atoms with E-state index in [2.05, 4.69) is 6.92 Å². The van der Waals surface area contributed by atoms with Crippen LogP contribution in [-0.4, -0.2) is 34.2 Å². The van der Waals surface area contributed by atoms with Crippen molar-refractivity contribution in [2.24, 2.45) is 11.5 Å². The van der Waals surface area contributed by atoms with Gasteiger partial charge in [-0.25, -0.2) is 0 Å². The van der Waals surface area contributed by atoms with Gasteiger partial charge in [0.2, 0.25) is 0 Å². The number of hydrogen-bond donors (Lipinski definition) is 4. The van der Waals surface area contributed by atoms with Gasteiger partial charge in [-0.15, -0.1) is 0 Å². The molecular formula is C10H22N2O4. The lowest BCUT2D eigenvalue weighted by Gasteiger charge is -2.01. The Morgan fingerprint density at radius 2 is 1.69 bits per heavy atom. The minimum absolute atomic E-state index is 0.0231. The Labute approximate surface area is 95.6 Å². The second kappa shape index (κ2) is 10.4. The highest BCUT2D eigenvalue weighted by atomic mass is 16.4. The van der Waals surface area contributed by atoms with Crippen LogP contribution in [0.3, 0.4) is 0 Å². The summed E-state index contributed by atoms with van der Waals surface area (Å²) >= 11 is 0. The number of carbonyl (C=O) groups is 2. The Hall–Kier alpha value is -1.14. The molecule has 0 saturated heterocycles. The van der Waals surface area contributed by atoms with Crippen LogP contribution in [0.25, 0.3) is 0 Å². The van der Waals surface area contributed by atoms with Crippen LogP contribution in [-0.2, 0) is 9.59 Å². The van der Waals surface area contributed by atoms with Gasteiger partial charge in [0.15, 0.2) is 0 Å². The molecule has 0 bridgehead atoms. The summed E-state index contributed by atoms with van der Waals surface area (Å²) in [5.41, 5.74) is 10.4. The molecule has 0 aromatic heterocycles. The number of nitrogens with two attached hydrogens (primary N) is 2. The summed E-state index contributed by atoms with van der Waals surface area (Å²) in [6.45, 7) is 4.17. The normalized spacial score (nSPS) is 13.2. The molecule has 6 N–H and O–H groups in total. The third kappa shape index (κ3) is 15.3. The molecule has 6 nitrogen and oxygen atoms in total. The Balaban J connectivity index is 0. The van der Waals surface area contributed by atoms with E-state index in [1.807, 2.05) is 6.92 Å². The fraction of sp³-hybridized carbons (Fsp3) is 0.800. The molecule has 0 aromatic rings. The van der Waals surface area contributed by atoms with Crippen molar-refractivity contribution in [3.8, 4) is 0 Å². The molecule has 0 saturated carbocycles. The third-order valence-electron chi connectivity index (χ3n) is 1.73. The van der Waals surface area contributed by atoms with E-state index in [0.29, 0.717) is 6.04 Å². The Bertz CT molecular complexity index is 207. The van der Waals surface area contributed by atoms with Crippen molar-refractivity contribution in [2.75, 3.05) is 0 Å². The first kappa shape index (κ1) is 17.3.